The number of allylic oxidation sites excluding steroid dienone is 1. The molecular formula is C12H21F3O4SSi. The molecular weight excluding hydrogens is 325 g/mol. The molecule has 0 spiro atoms. The number of halogens is 3. The first-order valence-electron chi connectivity index (χ1n) is 6.73. The first-order chi connectivity index (χ1) is 9.35. The van der Waals surface area contributed by atoms with Crippen LogP contribution in [0.5, 0.6) is 0 Å². The number of alkyl halides is 3. The van der Waals surface area contributed by atoms with E-state index in [1.807, 2.05) is 0 Å². The molecule has 0 bridgehead atoms. The van der Waals surface area contributed by atoms with Crippen molar-refractivity contribution in [3.8, 4) is 0 Å². The van der Waals surface area contributed by atoms with E-state index in [0.717, 1.165) is 0 Å². The molecule has 124 valence electrons. The Morgan fingerprint density at radius 3 is 2.29 bits per heavy atom. The molecule has 0 N–H and O–H groups in total. The average Bonchev–Trinajstić information content (AvgIpc) is 2.29. The zero-order chi connectivity index (χ0) is 16.5. The molecule has 0 saturated heterocycles. The predicted octanol–water partition coefficient (Wildman–Crippen LogP) is 3.92. The summed E-state index contributed by atoms with van der Waals surface area (Å²) in [5.41, 5.74) is -4.97. The van der Waals surface area contributed by atoms with E-state index >= 15 is 0 Å². The highest BCUT2D eigenvalue weighted by Crippen LogP contribution is 2.32. The SMILES string of the molecule is CC(C)[Si](C)(C)O[C@H]1CC=C(OS(=O)(=O)C(F)(F)F)CC1. The van der Waals surface area contributed by atoms with Crippen LogP contribution in [0, 0.1) is 0 Å². The van der Waals surface area contributed by atoms with Gasteiger partial charge in [-0.2, -0.15) is 21.6 Å². The van der Waals surface area contributed by atoms with Gasteiger partial charge in [-0.1, -0.05) is 13.8 Å². The summed E-state index contributed by atoms with van der Waals surface area (Å²) in [6.07, 6.45) is 2.24. The van der Waals surface area contributed by atoms with Crippen molar-refractivity contribution in [2.75, 3.05) is 0 Å². The van der Waals surface area contributed by atoms with E-state index in [1.165, 1.54) is 6.08 Å². The van der Waals surface area contributed by atoms with Gasteiger partial charge in [-0.15, -0.1) is 0 Å². The van der Waals surface area contributed by atoms with Crippen LogP contribution in [0.25, 0.3) is 0 Å². The molecule has 0 saturated carbocycles. The molecule has 0 heterocycles. The van der Waals surface area contributed by atoms with Crippen LogP contribution >= 0.6 is 0 Å². The molecule has 1 atom stereocenters. The van der Waals surface area contributed by atoms with Crippen molar-refractivity contribution >= 4 is 18.4 Å². The van der Waals surface area contributed by atoms with Crippen molar-refractivity contribution in [2.45, 2.75) is 63.4 Å². The fourth-order valence-corrected chi connectivity index (χ4v) is 3.60. The van der Waals surface area contributed by atoms with Crippen LogP contribution in [0.15, 0.2) is 11.8 Å². The summed E-state index contributed by atoms with van der Waals surface area (Å²) in [6, 6.07) is 0. The van der Waals surface area contributed by atoms with Crippen molar-refractivity contribution in [3.05, 3.63) is 11.8 Å². The molecule has 0 aromatic heterocycles. The molecule has 0 aromatic rings. The lowest BCUT2D eigenvalue weighted by molar-refractivity contribution is -0.0525. The van der Waals surface area contributed by atoms with Crippen LogP contribution in [-0.4, -0.2) is 28.3 Å². The van der Waals surface area contributed by atoms with E-state index in [0.29, 0.717) is 18.4 Å². The molecule has 0 radical (unpaired) electrons. The first-order valence-corrected chi connectivity index (χ1v) is 11.1. The van der Waals surface area contributed by atoms with E-state index < -0.39 is 23.9 Å². The van der Waals surface area contributed by atoms with Gasteiger partial charge in [0.15, 0.2) is 8.32 Å². The summed E-state index contributed by atoms with van der Waals surface area (Å²) in [6.45, 7) is 8.33. The van der Waals surface area contributed by atoms with E-state index in [-0.39, 0.29) is 18.3 Å². The van der Waals surface area contributed by atoms with Crippen molar-refractivity contribution in [3.63, 3.8) is 0 Å². The largest absolute Gasteiger partial charge is 0.534 e. The standard InChI is InChI=1S/C12H21F3O4SSi/c1-9(2)21(3,4)19-11-7-5-10(6-8-11)18-20(16,17)12(13,14)15/h5,9,11H,6-8H2,1-4H3/t11-/m0/s1. The fraction of sp³-hybridized carbons (Fsp3) is 0.833. The van der Waals surface area contributed by atoms with Crippen molar-refractivity contribution in [2.24, 2.45) is 0 Å². The monoisotopic (exact) mass is 346 g/mol. The van der Waals surface area contributed by atoms with Gasteiger partial charge >= 0.3 is 15.6 Å². The fourth-order valence-electron chi connectivity index (χ4n) is 1.72. The van der Waals surface area contributed by atoms with E-state index in [2.05, 4.69) is 31.1 Å². The zero-order valence-corrected chi connectivity index (χ0v) is 14.3. The first kappa shape index (κ1) is 18.5. The van der Waals surface area contributed by atoms with Crippen molar-refractivity contribution in [1.29, 1.82) is 0 Å². The molecule has 1 aliphatic rings. The van der Waals surface area contributed by atoms with Crippen LogP contribution in [-0.2, 0) is 18.7 Å². The molecule has 1 rings (SSSR count). The second kappa shape index (κ2) is 6.29. The van der Waals surface area contributed by atoms with Gasteiger partial charge in [-0.25, -0.2) is 0 Å². The third kappa shape index (κ3) is 4.99. The third-order valence-electron chi connectivity index (χ3n) is 3.68. The molecule has 4 nitrogen and oxygen atoms in total. The third-order valence-corrected chi connectivity index (χ3v) is 8.40. The van der Waals surface area contributed by atoms with E-state index in [4.69, 9.17) is 4.43 Å². The predicted molar refractivity (Wildman–Crippen MR) is 75.4 cm³/mol. The molecule has 0 aromatic carbocycles. The van der Waals surface area contributed by atoms with Crippen LogP contribution in [0.3, 0.4) is 0 Å². The van der Waals surface area contributed by atoms with Gasteiger partial charge in [0.25, 0.3) is 0 Å². The van der Waals surface area contributed by atoms with Gasteiger partial charge in [-0.3, -0.25) is 0 Å². The second-order valence-corrected chi connectivity index (χ2v) is 12.1. The van der Waals surface area contributed by atoms with Gasteiger partial charge < -0.3 is 8.61 Å². The minimum absolute atomic E-state index is 0.0880. The second-order valence-electron chi connectivity index (χ2n) is 5.93. The highest BCUT2D eigenvalue weighted by atomic mass is 32.2. The van der Waals surface area contributed by atoms with Crippen LogP contribution in [0.1, 0.15) is 33.1 Å². The van der Waals surface area contributed by atoms with E-state index in [1.54, 1.807) is 0 Å². The number of hydrogen-bond donors (Lipinski definition) is 0. The number of rotatable bonds is 5. The lowest BCUT2D eigenvalue weighted by Gasteiger charge is -2.33. The normalized spacial score (nSPS) is 21.3. The lowest BCUT2D eigenvalue weighted by atomic mass is 10.0. The van der Waals surface area contributed by atoms with Crippen LogP contribution < -0.4 is 0 Å². The van der Waals surface area contributed by atoms with Gasteiger partial charge in [-0.05, 0) is 37.6 Å². The molecule has 9 heteroatoms. The molecule has 0 amide bonds. The molecule has 0 aliphatic heterocycles. The highest BCUT2D eigenvalue weighted by Gasteiger charge is 2.49. The molecule has 0 fully saturated rings. The maximum Gasteiger partial charge on any atom is 0.534 e. The lowest BCUT2D eigenvalue weighted by Crippen LogP contribution is -2.39. The van der Waals surface area contributed by atoms with Gasteiger partial charge in [0.1, 0.15) is 5.76 Å². The summed E-state index contributed by atoms with van der Waals surface area (Å²) in [5.74, 6) is -0.156. The molecule has 21 heavy (non-hydrogen) atoms. The Bertz CT molecular complexity index is 497. The smallest absolute Gasteiger partial charge is 0.414 e. The summed E-state index contributed by atoms with van der Waals surface area (Å²) in [4.78, 5) is 0. The Hall–Kier alpha value is -0.543. The Morgan fingerprint density at radius 2 is 1.90 bits per heavy atom. The van der Waals surface area contributed by atoms with E-state index in [9.17, 15) is 21.6 Å². The summed E-state index contributed by atoms with van der Waals surface area (Å²) >= 11 is 0. The minimum atomic E-state index is -5.56. The van der Waals surface area contributed by atoms with Crippen molar-refractivity contribution in [1.82, 2.24) is 0 Å². The van der Waals surface area contributed by atoms with Gasteiger partial charge in [0, 0.05) is 12.5 Å². The van der Waals surface area contributed by atoms with Gasteiger partial charge in [0.2, 0.25) is 0 Å². The molecule has 1 aliphatic carbocycles. The topological polar surface area (TPSA) is 52.6 Å². The molecule has 0 unspecified atom stereocenters. The number of hydrogen-bond acceptors (Lipinski definition) is 4. The highest BCUT2D eigenvalue weighted by molar-refractivity contribution is 7.87. The maximum absolute atomic E-state index is 12.2. The summed E-state index contributed by atoms with van der Waals surface area (Å²) in [5, 5.41) is 0. The minimum Gasteiger partial charge on any atom is -0.414 e. The zero-order valence-electron chi connectivity index (χ0n) is 12.5. The Balaban J connectivity index is 2.64. The van der Waals surface area contributed by atoms with Gasteiger partial charge in [0.05, 0.1) is 0 Å². The summed E-state index contributed by atoms with van der Waals surface area (Å²) in [7, 11) is -7.40. The quantitative estimate of drug-likeness (QED) is 0.430. The Labute approximate surface area is 124 Å². The Kier molecular flexibility index (Phi) is 5.54. The van der Waals surface area contributed by atoms with Crippen LogP contribution in [0.4, 0.5) is 13.2 Å². The maximum atomic E-state index is 12.2. The Morgan fingerprint density at radius 1 is 1.33 bits per heavy atom. The van der Waals surface area contributed by atoms with Crippen molar-refractivity contribution < 1.29 is 30.2 Å². The average molecular weight is 346 g/mol. The summed E-state index contributed by atoms with van der Waals surface area (Å²) < 4.78 is 68.7. The van der Waals surface area contributed by atoms with Crippen LogP contribution in [0.2, 0.25) is 18.6 Å².